The van der Waals surface area contributed by atoms with Crippen molar-refractivity contribution in [1.82, 2.24) is 5.32 Å². The average molecular weight is 211 g/mol. The first kappa shape index (κ1) is 11.9. The smallest absolute Gasteiger partial charge is 0.159 e. The average Bonchev–Trinajstić information content (AvgIpc) is 2.20. The van der Waals surface area contributed by atoms with Gasteiger partial charge >= 0.3 is 0 Å². The number of benzene rings is 1. The van der Waals surface area contributed by atoms with Crippen LogP contribution in [0.5, 0.6) is 0 Å². The van der Waals surface area contributed by atoms with Crippen molar-refractivity contribution in [3.05, 3.63) is 41.0 Å². The molecule has 15 heavy (non-hydrogen) atoms. The van der Waals surface area contributed by atoms with Gasteiger partial charge in [0.1, 0.15) is 0 Å². The lowest BCUT2D eigenvalue weighted by atomic mass is 10.1. The molecule has 0 aliphatic carbocycles. The molecule has 1 nitrogen and oxygen atoms in total. The first-order valence-electron chi connectivity index (χ1n) is 4.96. The lowest BCUT2D eigenvalue weighted by molar-refractivity contribution is 0.508. The van der Waals surface area contributed by atoms with Crippen molar-refractivity contribution >= 4 is 6.08 Å². The second kappa shape index (κ2) is 5.61. The second-order valence-corrected chi connectivity index (χ2v) is 3.44. The molecule has 0 aliphatic heterocycles. The van der Waals surface area contributed by atoms with Gasteiger partial charge in [0.2, 0.25) is 0 Å². The fraction of sp³-hybridized carbons (Fsp3) is 0.333. The van der Waals surface area contributed by atoms with Crippen LogP contribution in [0.25, 0.3) is 6.08 Å². The molecule has 0 atom stereocenters. The minimum atomic E-state index is -0.809. The minimum absolute atomic E-state index is 0.685. The van der Waals surface area contributed by atoms with E-state index >= 15 is 0 Å². The Balaban J connectivity index is 2.75. The van der Waals surface area contributed by atoms with Crippen molar-refractivity contribution in [3.8, 4) is 0 Å². The van der Waals surface area contributed by atoms with Crippen LogP contribution in [0.3, 0.4) is 0 Å². The van der Waals surface area contributed by atoms with E-state index < -0.39 is 11.6 Å². The molecule has 0 saturated heterocycles. The highest BCUT2D eigenvalue weighted by Gasteiger charge is 2.00. The van der Waals surface area contributed by atoms with Gasteiger partial charge in [-0.15, -0.1) is 0 Å². The molecule has 0 bridgehead atoms. The first-order chi connectivity index (χ1) is 7.13. The van der Waals surface area contributed by atoms with E-state index in [0.29, 0.717) is 5.56 Å². The van der Waals surface area contributed by atoms with Gasteiger partial charge < -0.3 is 5.32 Å². The zero-order chi connectivity index (χ0) is 11.3. The Bertz CT molecular complexity index is 359. The number of nitrogens with one attached hydrogen (secondary N) is 1. The van der Waals surface area contributed by atoms with E-state index in [1.54, 1.807) is 6.07 Å². The minimum Gasteiger partial charge on any atom is -0.313 e. The van der Waals surface area contributed by atoms with Crippen molar-refractivity contribution in [2.24, 2.45) is 0 Å². The van der Waals surface area contributed by atoms with Crippen molar-refractivity contribution in [2.45, 2.75) is 13.8 Å². The van der Waals surface area contributed by atoms with E-state index in [1.807, 2.05) is 19.9 Å². The predicted octanol–water partition coefficient (Wildman–Crippen LogP) is 2.98. The monoisotopic (exact) mass is 211 g/mol. The molecular weight excluding hydrogens is 196 g/mol. The highest BCUT2D eigenvalue weighted by atomic mass is 19.2. The van der Waals surface area contributed by atoms with Gasteiger partial charge in [-0.2, -0.15) is 0 Å². The third-order valence-electron chi connectivity index (χ3n) is 2.01. The summed E-state index contributed by atoms with van der Waals surface area (Å²) in [7, 11) is 0. The molecule has 1 aromatic rings. The van der Waals surface area contributed by atoms with Gasteiger partial charge in [-0.05, 0) is 31.2 Å². The van der Waals surface area contributed by atoms with Gasteiger partial charge in [-0.1, -0.05) is 24.6 Å². The summed E-state index contributed by atoms with van der Waals surface area (Å²) in [6, 6.07) is 3.90. The molecule has 3 heteroatoms. The van der Waals surface area contributed by atoms with Crippen LogP contribution in [0.1, 0.15) is 19.4 Å². The van der Waals surface area contributed by atoms with Crippen LogP contribution in [0.4, 0.5) is 8.78 Å². The number of hydrogen-bond donors (Lipinski definition) is 1. The number of likely N-dealkylation sites (N-methyl/N-ethyl adjacent to an activating group) is 1. The molecule has 0 spiro atoms. The van der Waals surface area contributed by atoms with Crippen molar-refractivity contribution in [3.63, 3.8) is 0 Å². The van der Waals surface area contributed by atoms with E-state index in [2.05, 4.69) is 5.32 Å². The zero-order valence-electron chi connectivity index (χ0n) is 8.98. The summed E-state index contributed by atoms with van der Waals surface area (Å²) >= 11 is 0. The summed E-state index contributed by atoms with van der Waals surface area (Å²) < 4.78 is 25.5. The van der Waals surface area contributed by atoms with Crippen molar-refractivity contribution < 1.29 is 8.78 Å². The lowest BCUT2D eigenvalue weighted by Gasteiger charge is -2.02. The van der Waals surface area contributed by atoms with Gasteiger partial charge in [-0.3, -0.25) is 0 Å². The van der Waals surface area contributed by atoms with Crippen molar-refractivity contribution in [2.75, 3.05) is 13.1 Å². The van der Waals surface area contributed by atoms with Crippen LogP contribution >= 0.6 is 0 Å². The van der Waals surface area contributed by atoms with Gasteiger partial charge in [0.25, 0.3) is 0 Å². The molecule has 0 aliphatic rings. The third-order valence-corrected chi connectivity index (χ3v) is 2.01. The highest BCUT2D eigenvalue weighted by Crippen LogP contribution is 2.11. The molecule has 0 aromatic heterocycles. The summed E-state index contributed by atoms with van der Waals surface area (Å²) in [6.07, 6.45) is 1.84. The van der Waals surface area contributed by atoms with E-state index in [-0.39, 0.29) is 0 Å². The molecule has 0 heterocycles. The number of hydrogen-bond acceptors (Lipinski definition) is 1. The van der Waals surface area contributed by atoms with Crippen molar-refractivity contribution in [1.29, 1.82) is 0 Å². The zero-order valence-corrected chi connectivity index (χ0v) is 8.98. The van der Waals surface area contributed by atoms with Gasteiger partial charge in [-0.25, -0.2) is 8.78 Å². The maximum absolute atomic E-state index is 12.9. The van der Waals surface area contributed by atoms with Gasteiger partial charge in [0.15, 0.2) is 11.6 Å². The van der Waals surface area contributed by atoms with Crippen LogP contribution in [-0.4, -0.2) is 13.1 Å². The maximum Gasteiger partial charge on any atom is 0.159 e. The molecule has 1 aromatic carbocycles. The molecule has 1 rings (SSSR count). The fourth-order valence-corrected chi connectivity index (χ4v) is 1.26. The third kappa shape index (κ3) is 3.80. The highest BCUT2D eigenvalue weighted by molar-refractivity contribution is 5.52. The quantitative estimate of drug-likeness (QED) is 0.807. The molecule has 0 saturated carbocycles. The number of halogens is 2. The molecule has 1 N–H and O–H groups in total. The molecule has 0 amide bonds. The van der Waals surface area contributed by atoms with Gasteiger partial charge in [0.05, 0.1) is 0 Å². The Labute approximate surface area is 88.8 Å². The standard InChI is InChI=1S/C12H15F2N/c1-3-15-8-9(2)6-10-4-5-11(13)12(14)7-10/h4-7,15H,3,8H2,1-2H3. The summed E-state index contributed by atoms with van der Waals surface area (Å²) in [4.78, 5) is 0. The summed E-state index contributed by atoms with van der Waals surface area (Å²) in [5, 5.41) is 3.16. The summed E-state index contributed by atoms with van der Waals surface area (Å²) in [5.74, 6) is -1.61. The summed E-state index contributed by atoms with van der Waals surface area (Å²) in [6.45, 7) is 5.62. The molecular formula is C12H15F2N. The SMILES string of the molecule is CCNCC(C)=Cc1ccc(F)c(F)c1. The van der Waals surface area contributed by atoms with Crippen LogP contribution in [0, 0.1) is 11.6 Å². The maximum atomic E-state index is 12.9. The Kier molecular flexibility index (Phi) is 4.43. The Morgan fingerprint density at radius 3 is 2.67 bits per heavy atom. The second-order valence-electron chi connectivity index (χ2n) is 3.44. The molecule has 0 unspecified atom stereocenters. The number of rotatable bonds is 4. The van der Waals surface area contributed by atoms with E-state index in [0.717, 1.165) is 24.7 Å². The molecule has 0 radical (unpaired) electrons. The van der Waals surface area contributed by atoms with Crippen LogP contribution < -0.4 is 5.32 Å². The van der Waals surface area contributed by atoms with Crippen LogP contribution in [-0.2, 0) is 0 Å². The largest absolute Gasteiger partial charge is 0.313 e. The van der Waals surface area contributed by atoms with E-state index in [9.17, 15) is 8.78 Å². The first-order valence-corrected chi connectivity index (χ1v) is 4.96. The normalized spacial score (nSPS) is 11.9. The van der Waals surface area contributed by atoms with E-state index in [4.69, 9.17) is 0 Å². The molecule has 82 valence electrons. The fourth-order valence-electron chi connectivity index (χ4n) is 1.26. The topological polar surface area (TPSA) is 12.0 Å². The van der Waals surface area contributed by atoms with Crippen LogP contribution in [0.2, 0.25) is 0 Å². The van der Waals surface area contributed by atoms with E-state index in [1.165, 1.54) is 6.07 Å². The Morgan fingerprint density at radius 1 is 1.33 bits per heavy atom. The van der Waals surface area contributed by atoms with Gasteiger partial charge in [0, 0.05) is 6.54 Å². The predicted molar refractivity (Wildman–Crippen MR) is 58.6 cm³/mol. The summed E-state index contributed by atoms with van der Waals surface area (Å²) in [5.41, 5.74) is 1.77. The lowest BCUT2D eigenvalue weighted by Crippen LogP contribution is -2.14. The molecule has 0 fully saturated rings. The Morgan fingerprint density at radius 2 is 2.07 bits per heavy atom. The Hall–Kier alpha value is -1.22. The van der Waals surface area contributed by atoms with Crippen LogP contribution in [0.15, 0.2) is 23.8 Å².